The third kappa shape index (κ3) is 1.96. The monoisotopic (exact) mass is 179 g/mol. The van der Waals surface area contributed by atoms with Crippen molar-refractivity contribution in [1.29, 1.82) is 0 Å². The minimum Gasteiger partial charge on any atom is -0.294 e. The molecule has 0 N–H and O–H groups in total. The van der Waals surface area contributed by atoms with E-state index in [0.717, 1.165) is 12.1 Å². The van der Waals surface area contributed by atoms with Crippen molar-refractivity contribution in [3.63, 3.8) is 0 Å². The molecule has 0 bridgehead atoms. The largest absolute Gasteiger partial charge is 0.294 e. The second-order valence-electron chi connectivity index (χ2n) is 4.69. The van der Waals surface area contributed by atoms with E-state index in [1.165, 1.54) is 38.6 Å². The zero-order chi connectivity index (χ0) is 9.26. The first-order valence-corrected chi connectivity index (χ1v) is 5.71. The minimum absolute atomic E-state index is 0.812. The highest BCUT2D eigenvalue weighted by Crippen LogP contribution is 2.27. The van der Waals surface area contributed by atoms with E-state index in [2.05, 4.69) is 24.8 Å². The third-order valence-electron chi connectivity index (χ3n) is 3.72. The summed E-state index contributed by atoms with van der Waals surface area (Å²) >= 11 is 0. The summed E-state index contributed by atoms with van der Waals surface area (Å²) in [6.45, 7) is 5.93. The molecule has 1 aliphatic carbocycles. The van der Waals surface area contributed by atoms with Gasteiger partial charge in [0.2, 0.25) is 0 Å². The Kier molecular flexibility index (Phi) is 2.73. The van der Waals surface area contributed by atoms with Crippen molar-refractivity contribution in [2.45, 2.75) is 58.0 Å². The fourth-order valence-electron chi connectivity index (χ4n) is 2.43. The lowest BCUT2D eigenvalue weighted by atomic mass is 9.92. The first-order valence-electron chi connectivity index (χ1n) is 5.71. The van der Waals surface area contributed by atoms with E-state index >= 15 is 0 Å². The van der Waals surface area contributed by atoms with Crippen LogP contribution in [0.25, 0.3) is 0 Å². The molecule has 2 aliphatic rings. The lowest BCUT2D eigenvalue weighted by molar-refractivity contribution is 0.238. The lowest BCUT2D eigenvalue weighted by Gasteiger charge is -2.26. The van der Waals surface area contributed by atoms with Crippen LogP contribution in [0.3, 0.4) is 0 Å². The van der Waals surface area contributed by atoms with Crippen LogP contribution in [0.1, 0.15) is 46.0 Å². The van der Waals surface area contributed by atoms with Crippen LogP contribution in [0, 0.1) is 0 Å². The molecule has 0 aromatic heterocycles. The maximum Gasteiger partial charge on any atom is 0.0171 e. The average Bonchev–Trinajstić information content (AvgIpc) is 2.32. The van der Waals surface area contributed by atoms with Crippen LogP contribution in [0.4, 0.5) is 0 Å². The van der Waals surface area contributed by atoms with Crippen molar-refractivity contribution in [3.8, 4) is 0 Å². The summed E-state index contributed by atoms with van der Waals surface area (Å²) in [5.74, 6) is 0. The van der Waals surface area contributed by atoms with Gasteiger partial charge in [-0.05, 0) is 46.0 Å². The highest BCUT2D eigenvalue weighted by Gasteiger charge is 2.26. The van der Waals surface area contributed by atoms with Gasteiger partial charge in [-0.2, -0.15) is 0 Å². The minimum atomic E-state index is 0.812. The number of hydrogen-bond acceptors (Lipinski definition) is 1. The molecule has 2 fully saturated rings. The zero-order valence-corrected chi connectivity index (χ0v) is 8.92. The first kappa shape index (κ1) is 9.26. The molecule has 1 heterocycles. The maximum atomic E-state index is 2.64. The molecule has 2 unspecified atom stereocenters. The van der Waals surface area contributed by atoms with Crippen LogP contribution in [-0.4, -0.2) is 23.5 Å². The summed E-state index contributed by atoms with van der Waals surface area (Å²) in [7, 11) is 0. The van der Waals surface area contributed by atoms with Crippen molar-refractivity contribution >= 4 is 0 Å². The molecule has 1 saturated carbocycles. The van der Waals surface area contributed by atoms with Gasteiger partial charge in [0.1, 0.15) is 0 Å². The van der Waals surface area contributed by atoms with Gasteiger partial charge in [-0.25, -0.2) is 0 Å². The van der Waals surface area contributed by atoms with Gasteiger partial charge < -0.3 is 0 Å². The summed E-state index contributed by atoms with van der Waals surface area (Å²) < 4.78 is 0. The fourth-order valence-corrected chi connectivity index (χ4v) is 2.43. The molecule has 13 heavy (non-hydrogen) atoms. The summed E-state index contributed by atoms with van der Waals surface area (Å²) in [5, 5.41) is 0. The van der Waals surface area contributed by atoms with Crippen molar-refractivity contribution in [2.24, 2.45) is 0 Å². The molecular weight excluding hydrogens is 158 g/mol. The van der Waals surface area contributed by atoms with Crippen molar-refractivity contribution in [2.75, 3.05) is 6.54 Å². The third-order valence-corrected chi connectivity index (χ3v) is 3.72. The molecule has 0 amide bonds. The quantitative estimate of drug-likeness (QED) is 0.589. The van der Waals surface area contributed by atoms with E-state index in [4.69, 9.17) is 0 Å². The number of nitrogens with zero attached hydrogens (tertiary/aromatic N) is 1. The van der Waals surface area contributed by atoms with Crippen molar-refractivity contribution in [1.82, 2.24) is 4.90 Å². The standard InChI is InChI=1S/C12H21N/c1-10-6-7-11(2)13(10)9-8-12-4-3-5-12/h8,10-11H,3-7,9H2,1-2H3. The predicted molar refractivity (Wildman–Crippen MR) is 56.8 cm³/mol. The van der Waals surface area contributed by atoms with Crippen LogP contribution in [0.15, 0.2) is 11.6 Å². The van der Waals surface area contributed by atoms with Gasteiger partial charge in [-0.15, -0.1) is 0 Å². The van der Waals surface area contributed by atoms with Crippen LogP contribution < -0.4 is 0 Å². The molecular formula is C12H21N. The maximum absolute atomic E-state index is 2.64. The molecule has 0 aromatic carbocycles. The van der Waals surface area contributed by atoms with Gasteiger partial charge >= 0.3 is 0 Å². The SMILES string of the molecule is CC1CCC(C)N1CC=C1CCC1. The summed E-state index contributed by atoms with van der Waals surface area (Å²) in [4.78, 5) is 2.64. The summed E-state index contributed by atoms with van der Waals surface area (Å²) in [5.41, 5.74) is 1.70. The Labute approximate surface area is 81.8 Å². The van der Waals surface area contributed by atoms with E-state index in [1.807, 2.05) is 0 Å². The Morgan fingerprint density at radius 2 is 1.85 bits per heavy atom. The van der Waals surface area contributed by atoms with Crippen LogP contribution >= 0.6 is 0 Å². The summed E-state index contributed by atoms with van der Waals surface area (Å²) in [6, 6.07) is 1.62. The normalized spacial score (nSPS) is 34.8. The molecule has 0 aromatic rings. The molecule has 0 spiro atoms. The number of hydrogen-bond donors (Lipinski definition) is 0. The number of likely N-dealkylation sites (tertiary alicyclic amines) is 1. The number of rotatable bonds is 2. The smallest absolute Gasteiger partial charge is 0.0171 e. The Hall–Kier alpha value is -0.300. The second-order valence-corrected chi connectivity index (χ2v) is 4.69. The van der Waals surface area contributed by atoms with Crippen LogP contribution in [0.2, 0.25) is 0 Å². The van der Waals surface area contributed by atoms with E-state index in [0.29, 0.717) is 0 Å². The van der Waals surface area contributed by atoms with Crippen molar-refractivity contribution < 1.29 is 0 Å². The highest BCUT2D eigenvalue weighted by molar-refractivity contribution is 5.10. The van der Waals surface area contributed by atoms with E-state index in [9.17, 15) is 0 Å². The van der Waals surface area contributed by atoms with Crippen LogP contribution in [0.5, 0.6) is 0 Å². The molecule has 1 saturated heterocycles. The predicted octanol–water partition coefficient (Wildman–Crippen LogP) is 2.97. The van der Waals surface area contributed by atoms with Gasteiger partial charge in [0.05, 0.1) is 0 Å². The van der Waals surface area contributed by atoms with Gasteiger partial charge in [-0.3, -0.25) is 4.90 Å². The Morgan fingerprint density at radius 3 is 2.31 bits per heavy atom. The fraction of sp³-hybridized carbons (Fsp3) is 0.833. The van der Waals surface area contributed by atoms with Gasteiger partial charge in [0, 0.05) is 18.6 Å². The van der Waals surface area contributed by atoms with E-state index in [-0.39, 0.29) is 0 Å². The van der Waals surface area contributed by atoms with Crippen LogP contribution in [-0.2, 0) is 0 Å². The first-order chi connectivity index (χ1) is 6.27. The Bertz CT molecular complexity index is 191. The van der Waals surface area contributed by atoms with E-state index in [1.54, 1.807) is 5.57 Å². The molecule has 0 radical (unpaired) electrons. The lowest BCUT2D eigenvalue weighted by Crippen LogP contribution is -2.33. The van der Waals surface area contributed by atoms with Gasteiger partial charge in [0.15, 0.2) is 0 Å². The topological polar surface area (TPSA) is 3.24 Å². The molecule has 1 heteroatoms. The number of allylic oxidation sites excluding steroid dienone is 1. The van der Waals surface area contributed by atoms with Gasteiger partial charge in [0.25, 0.3) is 0 Å². The van der Waals surface area contributed by atoms with E-state index < -0.39 is 0 Å². The van der Waals surface area contributed by atoms with Gasteiger partial charge in [-0.1, -0.05) is 11.6 Å². The van der Waals surface area contributed by atoms with Crippen molar-refractivity contribution in [3.05, 3.63) is 11.6 Å². The summed E-state index contributed by atoms with van der Waals surface area (Å²) in [6.07, 6.45) is 9.43. The molecule has 2 rings (SSSR count). The molecule has 2 atom stereocenters. The average molecular weight is 179 g/mol. The molecule has 1 aliphatic heterocycles. The molecule has 1 nitrogen and oxygen atoms in total. The Morgan fingerprint density at radius 1 is 1.23 bits per heavy atom. The molecule has 74 valence electrons. The second kappa shape index (κ2) is 3.83. The Balaban J connectivity index is 1.85. The highest BCUT2D eigenvalue weighted by atomic mass is 15.2. The zero-order valence-electron chi connectivity index (χ0n) is 8.92.